The van der Waals surface area contributed by atoms with Crippen molar-refractivity contribution in [1.82, 2.24) is 14.9 Å². The van der Waals surface area contributed by atoms with Gasteiger partial charge in [-0.15, -0.1) is 0 Å². The smallest absolute Gasteiger partial charge is 0.337 e. The van der Waals surface area contributed by atoms with E-state index in [-0.39, 0.29) is 26.2 Å². The van der Waals surface area contributed by atoms with E-state index in [4.69, 9.17) is 4.98 Å². The highest BCUT2D eigenvalue weighted by Crippen LogP contribution is 2.30. The van der Waals surface area contributed by atoms with Crippen molar-refractivity contribution in [2.45, 2.75) is 6.18 Å². The van der Waals surface area contributed by atoms with E-state index in [1.807, 2.05) is 53.4 Å². The quantitative estimate of drug-likeness (QED) is 0.568. The predicted octanol–water partition coefficient (Wildman–Crippen LogP) is 4.27. The first kappa shape index (κ1) is 19.6. The van der Waals surface area contributed by atoms with Crippen LogP contribution in [0, 0.1) is 0 Å². The third-order valence-corrected chi connectivity index (χ3v) is 5.28. The minimum absolute atomic E-state index is 0.0270. The molecule has 29 heavy (non-hydrogen) atoms. The third kappa shape index (κ3) is 4.05. The minimum Gasteiger partial charge on any atom is -0.337 e. The number of aromatic nitrogens is 2. The molecule has 0 saturated carbocycles. The van der Waals surface area contributed by atoms with Crippen LogP contribution in [0.25, 0.3) is 22.2 Å². The second-order valence-electron chi connectivity index (χ2n) is 6.68. The number of hydrogen-bond donors (Lipinski definition) is 0. The van der Waals surface area contributed by atoms with E-state index < -0.39 is 12.1 Å². The van der Waals surface area contributed by atoms with Crippen LogP contribution in [0.2, 0.25) is 0 Å². The van der Waals surface area contributed by atoms with Gasteiger partial charge in [-0.1, -0.05) is 46.3 Å². The van der Waals surface area contributed by atoms with Crippen LogP contribution >= 0.6 is 15.9 Å². The summed E-state index contributed by atoms with van der Waals surface area (Å²) in [6, 6.07) is 15.4. The number of amides is 1. The van der Waals surface area contributed by atoms with E-state index in [2.05, 4.69) is 20.9 Å². The van der Waals surface area contributed by atoms with Crippen molar-refractivity contribution in [1.29, 1.82) is 0 Å². The normalized spacial score (nSPS) is 15.0. The fourth-order valence-electron chi connectivity index (χ4n) is 3.33. The Kier molecular flexibility index (Phi) is 5.16. The Morgan fingerprint density at radius 2 is 1.66 bits per heavy atom. The molecule has 1 saturated heterocycles. The van der Waals surface area contributed by atoms with Crippen molar-refractivity contribution < 1.29 is 18.0 Å². The van der Waals surface area contributed by atoms with Crippen molar-refractivity contribution >= 4 is 38.7 Å². The van der Waals surface area contributed by atoms with Crippen LogP contribution in [-0.4, -0.2) is 53.1 Å². The lowest BCUT2D eigenvalue weighted by Crippen LogP contribution is -2.52. The van der Waals surface area contributed by atoms with Gasteiger partial charge in [-0.2, -0.15) is 13.2 Å². The average Bonchev–Trinajstić information content (AvgIpc) is 2.72. The summed E-state index contributed by atoms with van der Waals surface area (Å²) in [7, 11) is 0. The standard InChI is InChI=1S/C20H16BrF3N4O/c21-14-6-7-16-15(12-14)17(13-4-2-1-3-5-13)26-19(25-16)28-10-8-27(9-11-28)18(29)20(22,23)24/h1-7,12H,8-11H2. The van der Waals surface area contributed by atoms with Crippen LogP contribution < -0.4 is 4.90 Å². The molecule has 1 aliphatic rings. The largest absolute Gasteiger partial charge is 0.471 e. The predicted molar refractivity (Wildman–Crippen MR) is 108 cm³/mol. The molecule has 1 aliphatic heterocycles. The zero-order valence-electron chi connectivity index (χ0n) is 15.2. The Hall–Kier alpha value is -2.68. The van der Waals surface area contributed by atoms with E-state index in [0.717, 1.165) is 31.5 Å². The number of fused-ring (bicyclic) bond motifs is 1. The highest BCUT2D eigenvalue weighted by atomic mass is 79.9. The van der Waals surface area contributed by atoms with Crippen LogP contribution in [-0.2, 0) is 4.79 Å². The van der Waals surface area contributed by atoms with E-state index in [9.17, 15) is 18.0 Å². The Balaban J connectivity index is 1.67. The summed E-state index contributed by atoms with van der Waals surface area (Å²) in [6.45, 7) is 0.414. The van der Waals surface area contributed by atoms with Gasteiger partial charge in [-0.05, 0) is 18.2 Å². The van der Waals surface area contributed by atoms with Gasteiger partial charge in [-0.25, -0.2) is 9.97 Å². The van der Waals surface area contributed by atoms with Gasteiger partial charge < -0.3 is 9.80 Å². The first-order valence-corrected chi connectivity index (χ1v) is 9.76. The van der Waals surface area contributed by atoms with Gasteiger partial charge in [0.1, 0.15) is 0 Å². The summed E-state index contributed by atoms with van der Waals surface area (Å²) >= 11 is 3.48. The maximum absolute atomic E-state index is 12.7. The zero-order chi connectivity index (χ0) is 20.6. The van der Waals surface area contributed by atoms with Gasteiger partial charge in [-0.3, -0.25) is 4.79 Å². The average molecular weight is 465 g/mol. The molecule has 0 spiro atoms. The molecule has 0 atom stereocenters. The van der Waals surface area contributed by atoms with E-state index in [1.165, 1.54) is 0 Å². The van der Waals surface area contributed by atoms with Crippen molar-refractivity contribution in [3.8, 4) is 11.3 Å². The molecule has 9 heteroatoms. The summed E-state index contributed by atoms with van der Waals surface area (Å²) in [5, 5.41) is 0.875. The Labute approximate surface area is 173 Å². The Morgan fingerprint density at radius 1 is 0.966 bits per heavy atom. The molecule has 0 aliphatic carbocycles. The molecule has 0 N–H and O–H groups in total. The van der Waals surface area contributed by atoms with Crippen LogP contribution in [0.5, 0.6) is 0 Å². The molecule has 5 nitrogen and oxygen atoms in total. The van der Waals surface area contributed by atoms with E-state index in [0.29, 0.717) is 5.95 Å². The monoisotopic (exact) mass is 464 g/mol. The number of carbonyl (C=O) groups excluding carboxylic acids is 1. The first-order chi connectivity index (χ1) is 13.8. The molecule has 0 unspecified atom stereocenters. The van der Waals surface area contributed by atoms with Gasteiger partial charge in [0.05, 0.1) is 11.2 Å². The molecule has 3 aromatic rings. The van der Waals surface area contributed by atoms with Crippen molar-refractivity contribution in [2.75, 3.05) is 31.1 Å². The number of anilines is 1. The summed E-state index contributed by atoms with van der Waals surface area (Å²) in [6.07, 6.45) is -4.85. The Morgan fingerprint density at radius 3 is 2.31 bits per heavy atom. The highest BCUT2D eigenvalue weighted by Gasteiger charge is 2.43. The van der Waals surface area contributed by atoms with Gasteiger partial charge in [0.15, 0.2) is 0 Å². The van der Waals surface area contributed by atoms with Gasteiger partial charge >= 0.3 is 12.1 Å². The zero-order valence-corrected chi connectivity index (χ0v) is 16.7. The summed E-state index contributed by atoms with van der Waals surface area (Å²) in [5.41, 5.74) is 2.41. The molecule has 2 aromatic carbocycles. The molecule has 0 bridgehead atoms. The topological polar surface area (TPSA) is 49.3 Å². The highest BCUT2D eigenvalue weighted by molar-refractivity contribution is 9.10. The summed E-state index contributed by atoms with van der Waals surface area (Å²) in [4.78, 5) is 23.4. The second kappa shape index (κ2) is 7.62. The SMILES string of the molecule is O=C(N1CCN(c2nc(-c3ccccc3)c3cc(Br)ccc3n2)CC1)C(F)(F)F. The van der Waals surface area contributed by atoms with Crippen LogP contribution in [0.3, 0.4) is 0 Å². The summed E-state index contributed by atoms with van der Waals surface area (Å²) in [5.74, 6) is -1.36. The van der Waals surface area contributed by atoms with Crippen LogP contribution in [0.15, 0.2) is 53.0 Å². The van der Waals surface area contributed by atoms with E-state index in [1.54, 1.807) is 0 Å². The molecule has 150 valence electrons. The number of nitrogens with zero attached hydrogens (tertiary/aromatic N) is 4. The van der Waals surface area contributed by atoms with Crippen molar-refractivity contribution in [3.05, 3.63) is 53.0 Å². The molecule has 2 heterocycles. The fourth-order valence-corrected chi connectivity index (χ4v) is 3.70. The van der Waals surface area contributed by atoms with Gasteiger partial charge in [0.2, 0.25) is 5.95 Å². The molecule has 1 amide bonds. The lowest BCUT2D eigenvalue weighted by Gasteiger charge is -2.35. The molecular weight excluding hydrogens is 449 g/mol. The second-order valence-corrected chi connectivity index (χ2v) is 7.59. The number of halogens is 4. The lowest BCUT2D eigenvalue weighted by atomic mass is 10.1. The number of piperazine rings is 1. The van der Waals surface area contributed by atoms with Crippen LogP contribution in [0.4, 0.5) is 19.1 Å². The van der Waals surface area contributed by atoms with Crippen molar-refractivity contribution in [2.24, 2.45) is 0 Å². The molecule has 1 aromatic heterocycles. The number of benzene rings is 2. The number of alkyl halides is 3. The first-order valence-electron chi connectivity index (χ1n) is 8.97. The number of carbonyl (C=O) groups is 1. The van der Waals surface area contributed by atoms with E-state index >= 15 is 0 Å². The molecule has 1 fully saturated rings. The lowest BCUT2D eigenvalue weighted by molar-refractivity contribution is -0.185. The number of hydrogen-bond acceptors (Lipinski definition) is 4. The summed E-state index contributed by atoms with van der Waals surface area (Å²) < 4.78 is 38.9. The van der Waals surface area contributed by atoms with Crippen molar-refractivity contribution in [3.63, 3.8) is 0 Å². The maximum Gasteiger partial charge on any atom is 0.471 e. The molecule has 0 radical (unpaired) electrons. The number of rotatable bonds is 2. The molecular formula is C20H16BrF3N4O. The third-order valence-electron chi connectivity index (χ3n) is 4.79. The van der Waals surface area contributed by atoms with Gasteiger partial charge in [0, 0.05) is 41.6 Å². The Bertz CT molecular complexity index is 1050. The van der Waals surface area contributed by atoms with Crippen LogP contribution in [0.1, 0.15) is 0 Å². The van der Waals surface area contributed by atoms with Gasteiger partial charge in [0.25, 0.3) is 0 Å². The fraction of sp³-hybridized carbons (Fsp3) is 0.250. The minimum atomic E-state index is -4.85. The molecule has 4 rings (SSSR count). The maximum atomic E-state index is 12.7.